The van der Waals surface area contributed by atoms with Gasteiger partial charge in [-0.3, -0.25) is 4.79 Å². The van der Waals surface area contributed by atoms with Gasteiger partial charge in [-0.1, -0.05) is 13.8 Å². The summed E-state index contributed by atoms with van der Waals surface area (Å²) in [7, 11) is 0. The molecule has 0 bridgehead atoms. The van der Waals surface area contributed by atoms with Gasteiger partial charge in [-0.05, 0) is 20.3 Å². The lowest BCUT2D eigenvalue weighted by Crippen LogP contribution is -2.28. The van der Waals surface area contributed by atoms with Crippen molar-refractivity contribution in [3.05, 3.63) is 0 Å². The molecule has 126 valence electrons. The van der Waals surface area contributed by atoms with Gasteiger partial charge in [0.1, 0.15) is 6.10 Å². The van der Waals surface area contributed by atoms with Crippen LogP contribution in [0.15, 0.2) is 0 Å². The van der Waals surface area contributed by atoms with E-state index in [-0.39, 0.29) is 25.1 Å². The first-order valence-electron chi connectivity index (χ1n) is 7.45. The first-order chi connectivity index (χ1) is 9.83. The van der Waals surface area contributed by atoms with E-state index in [9.17, 15) is 4.79 Å². The number of aliphatic hydroxyl groups excluding tert-OH is 2. The summed E-state index contributed by atoms with van der Waals surface area (Å²) in [6.45, 7) is 9.01. The zero-order chi connectivity index (χ0) is 16.3. The molecule has 2 unspecified atom stereocenters. The Labute approximate surface area is 127 Å². The second kappa shape index (κ2) is 11.0. The maximum Gasteiger partial charge on any atom is 0.311 e. The Balaban J connectivity index is 3.59. The van der Waals surface area contributed by atoms with Crippen LogP contribution in [0.1, 0.15) is 34.1 Å². The fourth-order valence-corrected chi connectivity index (χ4v) is 1.28. The minimum Gasteiger partial charge on any atom is -0.465 e. The third-order valence-corrected chi connectivity index (χ3v) is 3.23. The van der Waals surface area contributed by atoms with E-state index in [4.69, 9.17) is 24.4 Å². The van der Waals surface area contributed by atoms with Crippen molar-refractivity contribution in [3.8, 4) is 0 Å². The molecule has 0 aliphatic heterocycles. The molecule has 0 rings (SSSR count). The third kappa shape index (κ3) is 9.79. The van der Waals surface area contributed by atoms with Crippen molar-refractivity contribution in [2.75, 3.05) is 39.6 Å². The molecule has 0 heterocycles. The minimum absolute atomic E-state index is 0.0964. The van der Waals surface area contributed by atoms with Crippen molar-refractivity contribution >= 4 is 5.97 Å². The Hall–Kier alpha value is -0.690. The molecule has 0 fully saturated rings. The molecule has 0 spiro atoms. The summed E-state index contributed by atoms with van der Waals surface area (Å²) in [4.78, 5) is 11.8. The highest BCUT2D eigenvalue weighted by atomic mass is 16.5. The minimum atomic E-state index is -0.842. The molecule has 2 N–H and O–H groups in total. The summed E-state index contributed by atoms with van der Waals surface area (Å²) in [6, 6.07) is 0. The van der Waals surface area contributed by atoms with Crippen LogP contribution in [-0.4, -0.2) is 61.9 Å². The van der Waals surface area contributed by atoms with Crippen LogP contribution in [0.2, 0.25) is 0 Å². The summed E-state index contributed by atoms with van der Waals surface area (Å²) in [6.07, 6.45) is -0.0986. The maximum absolute atomic E-state index is 11.8. The van der Waals surface area contributed by atoms with Gasteiger partial charge in [0.2, 0.25) is 0 Å². The summed E-state index contributed by atoms with van der Waals surface area (Å²) in [5.74, 6) is -0.0668. The van der Waals surface area contributed by atoms with Crippen LogP contribution in [-0.2, 0) is 19.0 Å². The highest BCUT2D eigenvalue weighted by Crippen LogP contribution is 2.21. The van der Waals surface area contributed by atoms with Gasteiger partial charge in [0.25, 0.3) is 0 Å². The van der Waals surface area contributed by atoms with Gasteiger partial charge in [0, 0.05) is 5.92 Å². The molecule has 0 aromatic heterocycles. The molecule has 0 aromatic rings. The van der Waals surface area contributed by atoms with Crippen molar-refractivity contribution < 1.29 is 29.2 Å². The van der Waals surface area contributed by atoms with E-state index in [2.05, 4.69) is 0 Å². The Morgan fingerprint density at radius 1 is 1.14 bits per heavy atom. The quantitative estimate of drug-likeness (QED) is 0.413. The van der Waals surface area contributed by atoms with Crippen LogP contribution in [0.4, 0.5) is 0 Å². The molecule has 0 amide bonds. The molecule has 0 aromatic carbocycles. The summed E-state index contributed by atoms with van der Waals surface area (Å²) in [5, 5.41) is 17.6. The van der Waals surface area contributed by atoms with E-state index in [1.165, 1.54) is 0 Å². The number of aliphatic hydroxyl groups is 2. The molecule has 21 heavy (non-hydrogen) atoms. The number of rotatable bonds is 12. The van der Waals surface area contributed by atoms with Crippen LogP contribution >= 0.6 is 0 Å². The van der Waals surface area contributed by atoms with Crippen molar-refractivity contribution in [1.29, 1.82) is 0 Å². The Morgan fingerprint density at radius 2 is 1.71 bits per heavy atom. The van der Waals surface area contributed by atoms with E-state index in [1.807, 2.05) is 27.7 Å². The van der Waals surface area contributed by atoms with Crippen LogP contribution in [0, 0.1) is 11.3 Å². The van der Waals surface area contributed by atoms with Gasteiger partial charge < -0.3 is 24.4 Å². The molecule has 0 saturated carbocycles. The van der Waals surface area contributed by atoms with Crippen molar-refractivity contribution in [2.24, 2.45) is 11.3 Å². The first-order valence-corrected chi connectivity index (χ1v) is 7.45. The number of ether oxygens (including phenoxy) is 3. The van der Waals surface area contributed by atoms with Crippen LogP contribution in [0.25, 0.3) is 0 Å². The van der Waals surface area contributed by atoms with Crippen molar-refractivity contribution in [3.63, 3.8) is 0 Å². The van der Waals surface area contributed by atoms with Gasteiger partial charge >= 0.3 is 5.97 Å². The molecule has 6 heteroatoms. The Morgan fingerprint density at radius 3 is 2.24 bits per heavy atom. The van der Waals surface area contributed by atoms with Gasteiger partial charge in [0.05, 0.1) is 45.1 Å². The summed E-state index contributed by atoms with van der Waals surface area (Å²) >= 11 is 0. The normalized spacial score (nSPS) is 14.8. The third-order valence-electron chi connectivity index (χ3n) is 3.23. The predicted octanol–water partition coefficient (Wildman–Crippen LogP) is 0.988. The fraction of sp³-hybridized carbons (Fsp3) is 0.933. The standard InChI is InChI=1S/C15H30O6/c1-5-15(3,4)14(18)21-10-12(2)9-19-6-7-20-11-13(17)8-16/h12-13,16-17H,5-11H2,1-4H3. The van der Waals surface area contributed by atoms with E-state index in [0.717, 1.165) is 6.42 Å². The zero-order valence-corrected chi connectivity index (χ0v) is 13.6. The lowest BCUT2D eigenvalue weighted by Gasteiger charge is -2.21. The van der Waals surface area contributed by atoms with Gasteiger partial charge in [-0.2, -0.15) is 0 Å². The highest BCUT2D eigenvalue weighted by Gasteiger charge is 2.27. The Kier molecular flexibility index (Phi) is 10.6. The lowest BCUT2D eigenvalue weighted by molar-refractivity contribution is -0.156. The molecule has 0 aliphatic carbocycles. The van der Waals surface area contributed by atoms with E-state index in [1.54, 1.807) is 0 Å². The number of hydrogen-bond donors (Lipinski definition) is 2. The van der Waals surface area contributed by atoms with Crippen LogP contribution in [0.5, 0.6) is 0 Å². The molecular weight excluding hydrogens is 276 g/mol. The van der Waals surface area contributed by atoms with Gasteiger partial charge in [0.15, 0.2) is 0 Å². The smallest absolute Gasteiger partial charge is 0.311 e. The average molecular weight is 306 g/mol. The zero-order valence-electron chi connectivity index (χ0n) is 13.6. The monoisotopic (exact) mass is 306 g/mol. The van der Waals surface area contributed by atoms with E-state index < -0.39 is 11.5 Å². The predicted molar refractivity (Wildman–Crippen MR) is 78.9 cm³/mol. The topological polar surface area (TPSA) is 85.2 Å². The van der Waals surface area contributed by atoms with Gasteiger partial charge in [-0.25, -0.2) is 0 Å². The number of esters is 1. The van der Waals surface area contributed by atoms with Gasteiger partial charge in [-0.15, -0.1) is 0 Å². The largest absolute Gasteiger partial charge is 0.465 e. The molecule has 0 radical (unpaired) electrons. The molecule has 6 nitrogen and oxygen atoms in total. The number of carbonyl (C=O) groups is 1. The SMILES string of the molecule is CCC(C)(C)C(=O)OCC(C)COCCOCC(O)CO. The summed E-state index contributed by atoms with van der Waals surface area (Å²) < 4.78 is 15.8. The summed E-state index contributed by atoms with van der Waals surface area (Å²) in [5.41, 5.74) is -0.443. The average Bonchev–Trinajstić information content (AvgIpc) is 2.47. The molecular formula is C15H30O6. The van der Waals surface area contributed by atoms with Crippen LogP contribution in [0.3, 0.4) is 0 Å². The number of hydrogen-bond acceptors (Lipinski definition) is 6. The van der Waals surface area contributed by atoms with Crippen LogP contribution < -0.4 is 0 Å². The lowest BCUT2D eigenvalue weighted by atomic mass is 9.91. The molecule has 2 atom stereocenters. The first kappa shape index (κ1) is 20.3. The van der Waals surface area contributed by atoms with E-state index >= 15 is 0 Å². The second-order valence-electron chi connectivity index (χ2n) is 5.93. The Bertz CT molecular complexity index is 279. The van der Waals surface area contributed by atoms with Crippen molar-refractivity contribution in [1.82, 2.24) is 0 Å². The number of carbonyl (C=O) groups excluding carboxylic acids is 1. The van der Waals surface area contributed by atoms with E-state index in [0.29, 0.717) is 26.4 Å². The fourth-order valence-electron chi connectivity index (χ4n) is 1.28. The highest BCUT2D eigenvalue weighted by molar-refractivity contribution is 5.75. The molecule has 0 aliphatic rings. The molecule has 0 saturated heterocycles. The maximum atomic E-state index is 11.8. The second-order valence-corrected chi connectivity index (χ2v) is 5.93. The van der Waals surface area contributed by atoms with Crippen molar-refractivity contribution in [2.45, 2.75) is 40.2 Å².